The quantitative estimate of drug-likeness (QED) is 0.232. The van der Waals surface area contributed by atoms with Crippen molar-refractivity contribution in [3.8, 4) is 17.2 Å². The first kappa shape index (κ1) is 34.1. The average molecular weight is 651 g/mol. The Labute approximate surface area is 277 Å². The van der Waals surface area contributed by atoms with Gasteiger partial charge < -0.3 is 44.7 Å². The summed E-state index contributed by atoms with van der Waals surface area (Å²) in [6.45, 7) is 5.84. The van der Waals surface area contributed by atoms with Crippen molar-refractivity contribution in [2.45, 2.75) is 31.8 Å². The highest BCUT2D eigenvalue weighted by molar-refractivity contribution is 5.92. The maximum atomic E-state index is 11.4. The lowest BCUT2D eigenvalue weighted by Gasteiger charge is -2.34. The third-order valence-corrected chi connectivity index (χ3v) is 9.00. The van der Waals surface area contributed by atoms with Crippen LogP contribution < -0.4 is 29.7 Å². The van der Waals surface area contributed by atoms with Crippen LogP contribution in [0.1, 0.15) is 24.8 Å². The standard InChI is InChI=1S/C34H50N8O5/c1-39(2)16-17-47-29-9-7-8-28(40(3)4)26(29)22-41-13-11-24(12-14-41)36-32-25-18-30(45-5)31(46-6)19-27(25)37-33(38-32)35-20-23-10-15-42(21-23)34(43)44/h7-9,18-19,23-24H,10-17,20-22H2,1-6H3,(H,43,44)(H2,35,36,37,38). The van der Waals surface area contributed by atoms with Crippen molar-refractivity contribution in [2.24, 2.45) is 5.92 Å². The molecule has 47 heavy (non-hydrogen) atoms. The number of anilines is 3. The lowest BCUT2D eigenvalue weighted by Crippen LogP contribution is -2.39. The molecule has 3 N–H and O–H groups in total. The summed E-state index contributed by atoms with van der Waals surface area (Å²) in [7, 11) is 11.5. The maximum Gasteiger partial charge on any atom is 0.407 e. The van der Waals surface area contributed by atoms with Crippen LogP contribution in [0, 0.1) is 5.92 Å². The van der Waals surface area contributed by atoms with Crippen LogP contribution in [0.3, 0.4) is 0 Å². The number of likely N-dealkylation sites (tertiary alicyclic amines) is 2. The number of fused-ring (bicyclic) bond motifs is 1. The zero-order chi connectivity index (χ0) is 33.5. The van der Waals surface area contributed by atoms with Crippen LogP contribution in [0.25, 0.3) is 10.9 Å². The van der Waals surface area contributed by atoms with Gasteiger partial charge in [0.2, 0.25) is 5.95 Å². The molecule has 0 radical (unpaired) electrons. The summed E-state index contributed by atoms with van der Waals surface area (Å²) in [5.74, 6) is 3.60. The number of carbonyl (C=O) groups is 1. The Morgan fingerprint density at radius 2 is 1.74 bits per heavy atom. The zero-order valence-electron chi connectivity index (χ0n) is 28.6. The molecule has 1 unspecified atom stereocenters. The van der Waals surface area contributed by atoms with Gasteiger partial charge in [0.1, 0.15) is 18.2 Å². The largest absolute Gasteiger partial charge is 0.493 e. The van der Waals surface area contributed by atoms with Crippen molar-refractivity contribution in [1.29, 1.82) is 0 Å². The number of likely N-dealkylation sites (N-methyl/N-ethyl adjacent to an activating group) is 1. The third-order valence-electron chi connectivity index (χ3n) is 9.00. The minimum absolute atomic E-state index is 0.202. The molecular weight excluding hydrogens is 600 g/mol. The minimum Gasteiger partial charge on any atom is -0.493 e. The lowest BCUT2D eigenvalue weighted by molar-refractivity contribution is 0.154. The Bertz CT molecular complexity index is 1510. The van der Waals surface area contributed by atoms with Crippen LogP contribution >= 0.6 is 0 Å². The highest BCUT2D eigenvalue weighted by atomic mass is 16.5. The third kappa shape index (κ3) is 8.58. The molecular formula is C34H50N8O5. The number of aromatic nitrogens is 2. The molecule has 2 aliphatic rings. The average Bonchev–Trinajstić information content (AvgIpc) is 3.54. The van der Waals surface area contributed by atoms with Gasteiger partial charge in [-0.25, -0.2) is 9.78 Å². The molecule has 13 nitrogen and oxygen atoms in total. The van der Waals surface area contributed by atoms with Crippen LogP contribution in [-0.4, -0.2) is 130 Å². The second kappa shape index (κ2) is 15.6. The smallest absolute Gasteiger partial charge is 0.407 e. The molecule has 256 valence electrons. The number of methoxy groups -OCH3 is 2. The molecule has 0 aliphatic carbocycles. The summed E-state index contributed by atoms with van der Waals surface area (Å²) in [6, 6.07) is 10.3. The number of hydrogen-bond donors (Lipinski definition) is 3. The Balaban J connectivity index is 1.29. The Morgan fingerprint density at radius 1 is 1.00 bits per heavy atom. The molecule has 1 aromatic heterocycles. The van der Waals surface area contributed by atoms with E-state index in [0.29, 0.717) is 43.7 Å². The Morgan fingerprint density at radius 3 is 2.40 bits per heavy atom. The fraction of sp³-hybridized carbons (Fsp3) is 0.559. The first-order valence-electron chi connectivity index (χ1n) is 16.4. The molecule has 5 rings (SSSR count). The summed E-state index contributed by atoms with van der Waals surface area (Å²) in [4.78, 5) is 29.3. The van der Waals surface area contributed by atoms with E-state index in [4.69, 9.17) is 24.2 Å². The van der Waals surface area contributed by atoms with E-state index in [-0.39, 0.29) is 12.0 Å². The lowest BCUT2D eigenvalue weighted by atomic mass is 10.0. The van der Waals surface area contributed by atoms with Gasteiger partial charge in [-0.2, -0.15) is 4.98 Å². The Kier molecular flexibility index (Phi) is 11.3. The first-order chi connectivity index (χ1) is 22.6. The van der Waals surface area contributed by atoms with Gasteiger partial charge in [0, 0.05) is 88.7 Å². The molecule has 0 saturated carbocycles. The summed E-state index contributed by atoms with van der Waals surface area (Å²) in [5, 5.41) is 17.3. The molecule has 1 amide bonds. The molecule has 3 heterocycles. The summed E-state index contributed by atoms with van der Waals surface area (Å²) in [6.07, 6.45) is 1.85. The SMILES string of the molecule is COc1cc2nc(NCC3CCN(C(=O)O)C3)nc(NC3CCN(Cc4c(OCCN(C)C)cccc4N(C)C)CC3)c2cc1OC. The van der Waals surface area contributed by atoms with Crippen molar-refractivity contribution in [2.75, 3.05) is 104 Å². The van der Waals surface area contributed by atoms with Crippen LogP contribution in [-0.2, 0) is 6.54 Å². The van der Waals surface area contributed by atoms with Gasteiger partial charge in [-0.05, 0) is 57.5 Å². The van der Waals surface area contributed by atoms with Gasteiger partial charge in [0.05, 0.1) is 19.7 Å². The summed E-state index contributed by atoms with van der Waals surface area (Å²) >= 11 is 0. The van der Waals surface area contributed by atoms with E-state index in [1.165, 1.54) is 16.2 Å². The number of amides is 1. The van der Waals surface area contributed by atoms with E-state index < -0.39 is 6.09 Å². The number of piperidine rings is 1. The molecule has 2 aliphatic heterocycles. The minimum atomic E-state index is -0.872. The van der Waals surface area contributed by atoms with Crippen molar-refractivity contribution < 1.29 is 24.1 Å². The number of hydrogen-bond acceptors (Lipinski definition) is 11. The summed E-state index contributed by atoms with van der Waals surface area (Å²) < 4.78 is 17.4. The fourth-order valence-corrected chi connectivity index (χ4v) is 6.31. The molecule has 2 aromatic carbocycles. The number of rotatable bonds is 14. The van der Waals surface area contributed by atoms with E-state index in [2.05, 4.69) is 71.7 Å². The number of benzene rings is 2. The van der Waals surface area contributed by atoms with Gasteiger partial charge in [-0.15, -0.1) is 0 Å². The molecule has 13 heteroatoms. The fourth-order valence-electron chi connectivity index (χ4n) is 6.31. The van der Waals surface area contributed by atoms with Crippen LogP contribution in [0.4, 0.5) is 22.2 Å². The van der Waals surface area contributed by atoms with Crippen molar-refractivity contribution >= 4 is 34.4 Å². The normalized spacial score (nSPS) is 17.3. The van der Waals surface area contributed by atoms with Gasteiger partial charge >= 0.3 is 6.09 Å². The van der Waals surface area contributed by atoms with Gasteiger partial charge in [-0.1, -0.05) is 6.07 Å². The highest BCUT2D eigenvalue weighted by Crippen LogP contribution is 2.36. The van der Waals surface area contributed by atoms with E-state index >= 15 is 0 Å². The summed E-state index contributed by atoms with van der Waals surface area (Å²) in [5.41, 5.74) is 3.13. The monoisotopic (exact) mass is 650 g/mol. The number of nitrogens with one attached hydrogen (secondary N) is 2. The molecule has 1 atom stereocenters. The Hall–Kier alpha value is -4.23. The van der Waals surface area contributed by atoms with Crippen LogP contribution in [0.2, 0.25) is 0 Å². The topological polar surface area (TPSA) is 128 Å². The molecule has 2 fully saturated rings. The second-order valence-corrected chi connectivity index (χ2v) is 12.9. The van der Waals surface area contributed by atoms with Crippen molar-refractivity contribution in [3.05, 3.63) is 35.9 Å². The number of carboxylic acid groups (broad SMARTS) is 1. The van der Waals surface area contributed by atoms with Crippen LogP contribution in [0.5, 0.6) is 17.2 Å². The van der Waals surface area contributed by atoms with Gasteiger partial charge in [0.15, 0.2) is 11.5 Å². The number of ether oxygens (including phenoxy) is 3. The van der Waals surface area contributed by atoms with Crippen molar-refractivity contribution in [3.63, 3.8) is 0 Å². The van der Waals surface area contributed by atoms with E-state index in [0.717, 1.165) is 67.9 Å². The van der Waals surface area contributed by atoms with E-state index in [1.54, 1.807) is 14.2 Å². The zero-order valence-corrected chi connectivity index (χ0v) is 28.6. The van der Waals surface area contributed by atoms with Gasteiger partial charge in [0.25, 0.3) is 0 Å². The van der Waals surface area contributed by atoms with E-state index in [9.17, 15) is 9.90 Å². The molecule has 0 bridgehead atoms. The molecule has 2 saturated heterocycles. The van der Waals surface area contributed by atoms with Gasteiger partial charge in [-0.3, -0.25) is 4.90 Å². The van der Waals surface area contributed by atoms with E-state index in [1.807, 2.05) is 12.1 Å². The second-order valence-electron chi connectivity index (χ2n) is 12.9. The first-order valence-corrected chi connectivity index (χ1v) is 16.4. The predicted octanol–water partition coefficient (Wildman–Crippen LogP) is 4.14. The predicted molar refractivity (Wildman–Crippen MR) is 186 cm³/mol. The number of nitrogens with zero attached hydrogens (tertiary/aromatic N) is 6. The highest BCUT2D eigenvalue weighted by Gasteiger charge is 2.27. The van der Waals surface area contributed by atoms with Crippen LogP contribution in [0.15, 0.2) is 30.3 Å². The maximum absolute atomic E-state index is 11.4. The molecule has 3 aromatic rings. The molecule has 0 spiro atoms. The van der Waals surface area contributed by atoms with Crippen molar-refractivity contribution in [1.82, 2.24) is 24.7 Å².